The number of carbonyl (C=O) groups is 1. The van der Waals surface area contributed by atoms with E-state index in [2.05, 4.69) is 15.6 Å². The molecule has 4 rings (SSSR count). The molecule has 7 nitrogen and oxygen atoms in total. The monoisotopic (exact) mass is 466 g/mol. The summed E-state index contributed by atoms with van der Waals surface area (Å²) in [4.78, 5) is 23.6. The molecule has 0 saturated heterocycles. The highest BCUT2D eigenvalue weighted by Gasteiger charge is 2.30. The normalized spacial score (nSPS) is 15.6. The summed E-state index contributed by atoms with van der Waals surface area (Å²) in [7, 11) is 1.73. The van der Waals surface area contributed by atoms with E-state index >= 15 is 0 Å². The lowest BCUT2D eigenvalue weighted by atomic mass is 10.0. The number of likely N-dealkylation sites (N-methyl/N-ethyl adjacent to an activating group) is 1. The van der Waals surface area contributed by atoms with Crippen LogP contribution in [0, 0.1) is 0 Å². The van der Waals surface area contributed by atoms with Crippen molar-refractivity contribution < 1.29 is 4.79 Å². The summed E-state index contributed by atoms with van der Waals surface area (Å²) in [6.07, 6.45) is 5.44. The van der Waals surface area contributed by atoms with Crippen LogP contribution in [0.1, 0.15) is 17.5 Å². The number of nitrogens with one attached hydrogen (secondary N) is 2. The van der Waals surface area contributed by atoms with Crippen LogP contribution in [0.5, 0.6) is 0 Å². The third kappa shape index (κ3) is 4.98. The fourth-order valence-corrected chi connectivity index (χ4v) is 3.91. The van der Waals surface area contributed by atoms with Crippen molar-refractivity contribution in [1.82, 2.24) is 20.2 Å². The molecule has 2 aromatic carbocycles. The molecule has 0 saturated carbocycles. The molecule has 164 valence electrons. The summed E-state index contributed by atoms with van der Waals surface area (Å²) in [6, 6.07) is 15.2. The zero-order chi connectivity index (χ0) is 22.5. The van der Waals surface area contributed by atoms with Gasteiger partial charge in [0.2, 0.25) is 6.17 Å². The maximum atomic E-state index is 13.2. The average Bonchev–Trinajstić information content (AvgIpc) is 3.29. The molecule has 0 bridgehead atoms. The van der Waals surface area contributed by atoms with E-state index in [0.29, 0.717) is 22.4 Å². The van der Waals surface area contributed by atoms with Gasteiger partial charge in [-0.1, -0.05) is 41.9 Å². The average molecular weight is 467 g/mol. The molecule has 1 aromatic heterocycles. The fourth-order valence-electron chi connectivity index (χ4n) is 3.52. The molecular weight excluding hydrogens is 444 g/mol. The number of thiocarbonyl (C=S) groups is 1. The number of carbonyl (C=O) groups excluding carboxylic acids is 1. The molecule has 0 radical (unpaired) electrons. The Labute approximate surface area is 197 Å². The van der Waals surface area contributed by atoms with E-state index < -0.39 is 6.17 Å². The number of imidazole rings is 1. The minimum Gasteiger partial charge on any atom is -0.363 e. The molecule has 0 aliphatic carbocycles. The molecule has 1 atom stereocenters. The molecular formula is C23H23ClN6OS. The molecule has 3 aromatic rings. The largest absolute Gasteiger partial charge is 0.363 e. The number of aromatic nitrogens is 2. The van der Waals surface area contributed by atoms with Gasteiger partial charge in [-0.25, -0.2) is 9.98 Å². The van der Waals surface area contributed by atoms with Crippen LogP contribution < -0.4 is 15.5 Å². The first kappa shape index (κ1) is 22.0. The smallest absolute Gasteiger partial charge is 0.272 e. The summed E-state index contributed by atoms with van der Waals surface area (Å²) >= 11 is 11.7. The summed E-state index contributed by atoms with van der Waals surface area (Å²) in [5, 5.41) is 7.19. The summed E-state index contributed by atoms with van der Waals surface area (Å²) in [5.41, 5.74) is 3.11. The van der Waals surface area contributed by atoms with Crippen molar-refractivity contribution in [2.75, 3.05) is 18.5 Å². The third-order valence-electron chi connectivity index (χ3n) is 5.15. The SMILES string of the molecule is CN1C(=O)C(NC(=S)NCCCn2ccnc2)N=C(c2ccccc2)c2cc(Cl)ccc21. The van der Waals surface area contributed by atoms with Crippen molar-refractivity contribution in [3.05, 3.63) is 83.4 Å². The van der Waals surface area contributed by atoms with Crippen molar-refractivity contribution in [2.24, 2.45) is 4.99 Å². The Hall–Kier alpha value is -3.23. The molecule has 1 aliphatic heterocycles. The third-order valence-corrected chi connectivity index (χ3v) is 5.65. The molecule has 2 heterocycles. The molecule has 0 fully saturated rings. The van der Waals surface area contributed by atoms with Crippen molar-refractivity contribution in [1.29, 1.82) is 0 Å². The number of benzene rings is 2. The van der Waals surface area contributed by atoms with Gasteiger partial charge >= 0.3 is 0 Å². The van der Waals surface area contributed by atoms with E-state index in [1.165, 1.54) is 0 Å². The number of rotatable bonds is 6. The van der Waals surface area contributed by atoms with Gasteiger partial charge in [0.15, 0.2) is 5.11 Å². The highest BCUT2D eigenvalue weighted by Crippen LogP contribution is 2.29. The molecule has 0 spiro atoms. The number of amides is 1. The van der Waals surface area contributed by atoms with Crippen LogP contribution in [0.25, 0.3) is 0 Å². The zero-order valence-electron chi connectivity index (χ0n) is 17.5. The van der Waals surface area contributed by atoms with Gasteiger partial charge in [0.05, 0.1) is 17.7 Å². The zero-order valence-corrected chi connectivity index (χ0v) is 19.1. The molecule has 32 heavy (non-hydrogen) atoms. The van der Waals surface area contributed by atoms with Gasteiger partial charge in [0, 0.05) is 48.7 Å². The van der Waals surface area contributed by atoms with E-state index in [0.717, 1.165) is 29.8 Å². The van der Waals surface area contributed by atoms with Gasteiger partial charge in [-0.15, -0.1) is 0 Å². The number of hydrogen-bond donors (Lipinski definition) is 2. The molecule has 1 aliphatic rings. The quantitative estimate of drug-likeness (QED) is 0.431. The summed E-state index contributed by atoms with van der Waals surface area (Å²) in [5.74, 6) is -0.206. The lowest BCUT2D eigenvalue weighted by Crippen LogP contribution is -2.49. The number of aliphatic imine (C=N–C) groups is 1. The second-order valence-electron chi connectivity index (χ2n) is 7.36. The molecule has 2 N–H and O–H groups in total. The highest BCUT2D eigenvalue weighted by atomic mass is 35.5. The number of benzodiazepines with no additional fused rings is 1. The maximum absolute atomic E-state index is 13.2. The maximum Gasteiger partial charge on any atom is 0.272 e. The van der Waals surface area contributed by atoms with Crippen LogP contribution in [0.2, 0.25) is 5.02 Å². The lowest BCUT2D eigenvalue weighted by Gasteiger charge is -2.22. The van der Waals surface area contributed by atoms with E-state index in [9.17, 15) is 4.79 Å². The number of nitrogens with zero attached hydrogens (tertiary/aromatic N) is 4. The van der Waals surface area contributed by atoms with E-state index in [4.69, 9.17) is 28.8 Å². The Balaban J connectivity index is 1.54. The van der Waals surface area contributed by atoms with Crippen molar-refractivity contribution >= 4 is 46.2 Å². The minimum absolute atomic E-state index is 0.206. The van der Waals surface area contributed by atoms with Crippen LogP contribution in [0.15, 0.2) is 72.2 Å². The van der Waals surface area contributed by atoms with Gasteiger partial charge < -0.3 is 20.1 Å². The van der Waals surface area contributed by atoms with Crippen LogP contribution in [-0.2, 0) is 11.3 Å². The number of halogens is 1. The van der Waals surface area contributed by atoms with Gasteiger partial charge in [0.1, 0.15) is 0 Å². The number of aryl methyl sites for hydroxylation is 1. The van der Waals surface area contributed by atoms with Crippen LogP contribution in [0.3, 0.4) is 0 Å². The predicted octanol–water partition coefficient (Wildman–Crippen LogP) is 3.23. The standard InChI is InChI=1S/C23H23ClN6OS/c1-29-19-9-8-17(24)14-18(19)20(16-6-3-2-4-7-16)27-21(22(29)31)28-23(32)26-10-5-12-30-13-11-25-15-30/h2-4,6-9,11,13-15,21H,5,10,12H2,1H3,(H2,26,28,32). The van der Waals surface area contributed by atoms with Gasteiger partial charge in [-0.05, 0) is 36.8 Å². The Kier molecular flexibility index (Phi) is 6.82. The van der Waals surface area contributed by atoms with Gasteiger partial charge in [-0.2, -0.15) is 0 Å². The van der Waals surface area contributed by atoms with E-state index in [1.54, 1.807) is 30.5 Å². The topological polar surface area (TPSA) is 74.6 Å². The second kappa shape index (κ2) is 9.93. The van der Waals surface area contributed by atoms with Crippen molar-refractivity contribution in [3.8, 4) is 0 Å². The van der Waals surface area contributed by atoms with Crippen LogP contribution >= 0.6 is 23.8 Å². The van der Waals surface area contributed by atoms with E-state index in [-0.39, 0.29) is 5.91 Å². The molecule has 1 unspecified atom stereocenters. The molecule has 1 amide bonds. The number of fused-ring (bicyclic) bond motifs is 1. The van der Waals surface area contributed by atoms with Crippen molar-refractivity contribution in [2.45, 2.75) is 19.1 Å². The van der Waals surface area contributed by atoms with Gasteiger partial charge in [-0.3, -0.25) is 4.79 Å². The first-order chi connectivity index (χ1) is 15.5. The van der Waals surface area contributed by atoms with Crippen molar-refractivity contribution in [3.63, 3.8) is 0 Å². The Bertz CT molecular complexity index is 1130. The van der Waals surface area contributed by atoms with E-state index in [1.807, 2.05) is 53.2 Å². The highest BCUT2D eigenvalue weighted by molar-refractivity contribution is 7.80. The van der Waals surface area contributed by atoms with Crippen LogP contribution in [0.4, 0.5) is 5.69 Å². The first-order valence-electron chi connectivity index (χ1n) is 10.2. The first-order valence-corrected chi connectivity index (χ1v) is 11.0. The van der Waals surface area contributed by atoms with Gasteiger partial charge in [0.25, 0.3) is 5.91 Å². The second-order valence-corrected chi connectivity index (χ2v) is 8.20. The Morgan fingerprint density at radius 1 is 1.22 bits per heavy atom. The summed E-state index contributed by atoms with van der Waals surface area (Å²) < 4.78 is 2.00. The minimum atomic E-state index is -0.866. The summed E-state index contributed by atoms with van der Waals surface area (Å²) in [6.45, 7) is 1.49. The number of anilines is 1. The number of hydrogen-bond acceptors (Lipinski definition) is 4. The lowest BCUT2D eigenvalue weighted by molar-refractivity contribution is -0.119. The Morgan fingerprint density at radius 3 is 2.78 bits per heavy atom. The predicted molar refractivity (Wildman–Crippen MR) is 131 cm³/mol. The molecule has 9 heteroatoms. The fraction of sp³-hybridized carbons (Fsp3) is 0.217. The van der Waals surface area contributed by atoms with Crippen LogP contribution in [-0.4, -0.2) is 46.0 Å². The Morgan fingerprint density at radius 2 is 2.03 bits per heavy atom.